The average Bonchev–Trinajstić information content (AvgIpc) is 1.50. The number of aromatic nitrogens is 2. The van der Waals surface area contributed by atoms with E-state index in [1.54, 1.807) is 0 Å². The van der Waals surface area contributed by atoms with Gasteiger partial charge in [-0.15, -0.1) is 22.7 Å². The van der Waals surface area contributed by atoms with Crippen LogP contribution >= 0.6 is 46.2 Å². The molecule has 2 aliphatic heterocycles. The van der Waals surface area contributed by atoms with E-state index in [-0.39, 0.29) is 0 Å². The van der Waals surface area contributed by atoms with Crippen molar-refractivity contribution in [1.29, 1.82) is 0 Å². The number of hydrogen-bond acceptors (Lipinski definition) is 4. The highest BCUT2D eigenvalue weighted by atomic mass is 32.2. The van der Waals surface area contributed by atoms with E-state index in [1.165, 1.54) is 209 Å². The maximum Gasteiger partial charge on any atom is 0.0736 e. The van der Waals surface area contributed by atoms with Crippen LogP contribution in [0, 0.1) is 0 Å². The van der Waals surface area contributed by atoms with Crippen LogP contribution in [0.5, 0.6) is 0 Å². The van der Waals surface area contributed by atoms with Crippen molar-refractivity contribution in [1.82, 2.24) is 9.13 Å². The molecular weight excluding hydrogens is 1410 g/mol. The van der Waals surface area contributed by atoms with Crippen LogP contribution in [0.3, 0.4) is 0 Å². The number of para-hydroxylation sites is 2. The highest BCUT2D eigenvalue weighted by Crippen LogP contribution is 2.65. The largest absolute Gasteiger partial charge is 0.309 e. The van der Waals surface area contributed by atoms with Crippen molar-refractivity contribution in [2.45, 2.75) is 30.4 Å². The Hall–Kier alpha value is -12.5. The summed E-state index contributed by atoms with van der Waals surface area (Å²) in [4.78, 5) is 5.30. The fourth-order valence-electron chi connectivity index (χ4n) is 19.6. The van der Waals surface area contributed by atoms with Crippen LogP contribution < -0.4 is 0 Å². The van der Waals surface area contributed by atoms with Crippen LogP contribution in [0.25, 0.3) is 151 Å². The lowest BCUT2D eigenvalue weighted by molar-refractivity contribution is 0.723. The van der Waals surface area contributed by atoms with E-state index in [9.17, 15) is 0 Å². The third kappa shape index (κ3) is 8.78. The minimum Gasteiger partial charge on any atom is -0.309 e. The molecule has 2 aliphatic carbocycles. The predicted octanol–water partition coefficient (Wildman–Crippen LogP) is 29.0. The van der Waals surface area contributed by atoms with Gasteiger partial charge in [-0.05, 0) is 215 Å². The van der Waals surface area contributed by atoms with E-state index in [0.29, 0.717) is 0 Å². The molecule has 21 aromatic rings. The lowest BCUT2D eigenvalue weighted by atomic mass is 9.67. The first kappa shape index (κ1) is 62.5. The Morgan fingerprint density at radius 3 is 1.00 bits per heavy atom. The minimum atomic E-state index is -0.431. The smallest absolute Gasteiger partial charge is 0.0736 e. The van der Waals surface area contributed by atoms with Gasteiger partial charge in [0.1, 0.15) is 0 Å². The fourth-order valence-corrected chi connectivity index (χ4v) is 24.5. The maximum atomic E-state index is 2.54. The van der Waals surface area contributed by atoms with E-state index in [1.807, 2.05) is 46.2 Å². The molecule has 4 aliphatic rings. The second-order valence-electron chi connectivity index (χ2n) is 29.6. The number of fused-ring (bicyclic) bond motifs is 30. The molecule has 2 spiro atoms. The summed E-state index contributed by atoms with van der Waals surface area (Å²) in [7, 11) is 0. The molecule has 0 atom stereocenters. The van der Waals surface area contributed by atoms with Gasteiger partial charge in [0.15, 0.2) is 0 Å². The summed E-state index contributed by atoms with van der Waals surface area (Å²) < 4.78 is 10.3. The zero-order chi connectivity index (χ0) is 71.9. The van der Waals surface area contributed by atoms with Crippen molar-refractivity contribution in [3.8, 4) is 67.0 Å². The van der Waals surface area contributed by atoms with Crippen molar-refractivity contribution in [3.05, 3.63) is 421 Å². The summed E-state index contributed by atoms with van der Waals surface area (Å²) in [5.74, 6) is 0. The normalized spacial score (nSPS) is 13.7. The average molecular weight is 1470 g/mol. The Kier molecular flexibility index (Phi) is 13.6. The van der Waals surface area contributed by atoms with Gasteiger partial charge in [-0.1, -0.05) is 284 Å². The highest BCUT2D eigenvalue weighted by Gasteiger charge is 2.52. The lowest BCUT2D eigenvalue weighted by Crippen LogP contribution is -2.31. The van der Waals surface area contributed by atoms with Crippen LogP contribution in [0.1, 0.15) is 44.5 Å². The summed E-state index contributed by atoms with van der Waals surface area (Å²) in [5, 5.41) is 10.4. The summed E-state index contributed by atoms with van der Waals surface area (Å²) in [6, 6.07) is 141. The van der Waals surface area contributed by atoms with Gasteiger partial charge in [-0.3, -0.25) is 0 Å². The summed E-state index contributed by atoms with van der Waals surface area (Å²) in [6.45, 7) is 0. The molecule has 6 heteroatoms. The minimum absolute atomic E-state index is 0.418. The van der Waals surface area contributed by atoms with Crippen LogP contribution in [0.2, 0.25) is 0 Å². The topological polar surface area (TPSA) is 9.86 Å². The first-order chi connectivity index (χ1) is 54.5. The van der Waals surface area contributed by atoms with E-state index in [2.05, 4.69) is 385 Å². The first-order valence-electron chi connectivity index (χ1n) is 37.8. The quantitative estimate of drug-likeness (QED) is 0.170. The van der Waals surface area contributed by atoms with Gasteiger partial charge in [0.25, 0.3) is 0 Å². The first-order valence-corrected chi connectivity index (χ1v) is 41.0. The van der Waals surface area contributed by atoms with Crippen molar-refractivity contribution in [2.24, 2.45) is 0 Å². The number of benzene rings is 17. The monoisotopic (exact) mass is 1470 g/mol. The molecule has 0 amide bonds. The Morgan fingerprint density at radius 2 is 0.527 bits per heavy atom. The fraction of sp³-hybridized carbons (Fsp3) is 0.0192. The Balaban J connectivity index is 0.000000129. The van der Waals surface area contributed by atoms with E-state index >= 15 is 0 Å². The zero-order valence-electron chi connectivity index (χ0n) is 59.3. The lowest BCUT2D eigenvalue weighted by Gasteiger charge is -2.39. The molecule has 0 N–H and O–H groups in total. The second-order valence-corrected chi connectivity index (χ2v) is 33.8. The number of thiophene rings is 2. The van der Waals surface area contributed by atoms with Crippen LogP contribution in [-0.2, 0) is 10.8 Å². The van der Waals surface area contributed by atoms with Gasteiger partial charge in [0.05, 0.1) is 32.9 Å². The molecule has 0 saturated heterocycles. The summed E-state index contributed by atoms with van der Waals surface area (Å²) >= 11 is 7.58. The molecule has 512 valence electrons. The molecule has 6 heterocycles. The van der Waals surface area contributed by atoms with Crippen molar-refractivity contribution in [3.63, 3.8) is 0 Å². The number of nitrogens with zero attached hydrogens (tertiary/aromatic N) is 2. The molecular formula is C104H62N2S4. The van der Waals surface area contributed by atoms with Gasteiger partial charge in [-0.2, -0.15) is 0 Å². The second kappa shape index (κ2) is 24.0. The van der Waals surface area contributed by atoms with Gasteiger partial charge < -0.3 is 9.13 Å². The van der Waals surface area contributed by atoms with Gasteiger partial charge in [0, 0.05) is 92.8 Å². The highest BCUT2D eigenvalue weighted by molar-refractivity contribution is 7.99. The van der Waals surface area contributed by atoms with E-state index in [0.717, 1.165) is 5.69 Å². The predicted molar refractivity (Wildman–Crippen MR) is 467 cm³/mol. The molecule has 25 rings (SSSR count). The molecule has 17 aromatic carbocycles. The van der Waals surface area contributed by atoms with Gasteiger partial charge in [-0.25, -0.2) is 0 Å². The Morgan fingerprint density at radius 1 is 0.191 bits per heavy atom. The third-order valence-electron chi connectivity index (χ3n) is 24.1. The molecule has 2 nitrogen and oxygen atoms in total. The number of hydrogen-bond donors (Lipinski definition) is 0. The summed E-state index contributed by atoms with van der Waals surface area (Å²) in [6.07, 6.45) is 0. The summed E-state index contributed by atoms with van der Waals surface area (Å²) in [5.41, 5.74) is 30.1. The van der Waals surface area contributed by atoms with Gasteiger partial charge >= 0.3 is 0 Å². The van der Waals surface area contributed by atoms with Crippen LogP contribution in [-0.4, -0.2) is 9.13 Å². The van der Waals surface area contributed by atoms with Crippen molar-refractivity contribution in [2.75, 3.05) is 0 Å². The molecule has 4 aromatic heterocycles. The molecule has 0 saturated carbocycles. The molecule has 0 bridgehead atoms. The van der Waals surface area contributed by atoms with Gasteiger partial charge in [0.2, 0.25) is 0 Å². The van der Waals surface area contributed by atoms with Crippen LogP contribution in [0.4, 0.5) is 0 Å². The third-order valence-corrected chi connectivity index (χ3v) is 28.9. The molecule has 110 heavy (non-hydrogen) atoms. The molecule has 0 radical (unpaired) electrons. The molecule has 0 unspecified atom stereocenters. The van der Waals surface area contributed by atoms with E-state index in [4.69, 9.17) is 0 Å². The Bertz CT molecular complexity index is 7400. The van der Waals surface area contributed by atoms with E-state index < -0.39 is 10.8 Å². The van der Waals surface area contributed by atoms with Crippen molar-refractivity contribution >= 4 is 130 Å². The zero-order valence-corrected chi connectivity index (χ0v) is 62.6. The standard InChI is InChI=1S/C55H33NS2.C49H29NS2/c1-2-16-37(17-3-1)56-49-29-28-35(34-14-12-15-36(30-34)38-20-13-21-41-40-19-5-9-25-51(40)58-54(38)41)31-43(49)44-32-42-39-18-4-6-22-45(39)55(48(42)33-50(44)56)46-23-7-10-26-52(46)57-53-27-11-8-24-47(53)55;1-2-13-31(14-3-1)50-43-26-25-30(32-17-12-18-35-34-16-5-9-22-45(34)52-48(32)35)27-37(43)38-28-36-33-15-4-6-19-39(33)49(42(36)29-44(38)50)40-20-7-10-23-46(40)51-47-24-11-8-21-41(47)49/h1-33H;1-29H. The molecule has 0 fully saturated rings. The number of rotatable bonds is 5. The van der Waals surface area contributed by atoms with Crippen LogP contribution in [0.15, 0.2) is 396 Å². The Labute approximate surface area is 652 Å². The SMILES string of the molecule is c1ccc(-n2c3ccc(-c4cccc(-c5cccc6c5sc5ccccc56)c4)cc3c3cc4c(cc32)C2(c3ccccc3Sc3ccccc32)c2ccccc2-4)cc1.c1ccc(-n2c3ccc(-c4cccc5c4sc4ccccc45)cc3c3cc4c(cc32)C2(c3ccccc3Sc3ccccc32)c2ccccc2-4)cc1. The van der Waals surface area contributed by atoms with Crippen molar-refractivity contribution < 1.29 is 0 Å². The maximum absolute atomic E-state index is 2.54.